The van der Waals surface area contributed by atoms with Gasteiger partial charge in [0.15, 0.2) is 0 Å². The summed E-state index contributed by atoms with van der Waals surface area (Å²) in [6, 6.07) is 0. The van der Waals surface area contributed by atoms with Gasteiger partial charge < -0.3 is 0 Å². The Morgan fingerprint density at radius 1 is 0.905 bits per heavy atom. The average Bonchev–Trinajstić information content (AvgIpc) is 2.50. The fraction of sp³-hybridized carbons (Fsp3) is 0.789. The van der Waals surface area contributed by atoms with E-state index in [-0.39, 0.29) is 0 Å². The average molecular weight is 293 g/mol. The van der Waals surface area contributed by atoms with Crippen LogP contribution in [0.5, 0.6) is 0 Å². The minimum atomic E-state index is 0.630. The van der Waals surface area contributed by atoms with Gasteiger partial charge in [-0.2, -0.15) is 0 Å². The van der Waals surface area contributed by atoms with Crippen LogP contribution in [0.3, 0.4) is 0 Å². The molecule has 0 amide bonds. The lowest BCUT2D eigenvalue weighted by molar-refractivity contribution is 0.466. The van der Waals surface area contributed by atoms with Gasteiger partial charge in [-0.1, -0.05) is 65.2 Å². The molecule has 0 saturated heterocycles. The highest BCUT2D eigenvalue weighted by atomic mass is 14.7. The maximum Gasteiger partial charge on any atom is 0.0313 e. The molecule has 0 spiro atoms. The first-order valence-corrected chi connectivity index (χ1v) is 8.90. The molecule has 0 aliphatic rings. The first-order valence-electron chi connectivity index (χ1n) is 8.90. The first kappa shape index (κ1) is 20.1. The van der Waals surface area contributed by atoms with Crippen LogP contribution in [0.15, 0.2) is 21.8 Å². The van der Waals surface area contributed by atoms with E-state index in [1.165, 1.54) is 69.8 Å². The molecule has 0 aliphatic heterocycles. The zero-order valence-electron chi connectivity index (χ0n) is 14.8. The largest absolute Gasteiger partial charge is 0.296 e. The maximum absolute atomic E-state index is 4.32. The summed E-state index contributed by atoms with van der Waals surface area (Å²) in [6.45, 7) is 6.51. The summed E-state index contributed by atoms with van der Waals surface area (Å²) >= 11 is 0. The highest BCUT2D eigenvalue weighted by Gasteiger charge is 2.12. The number of hydrogen-bond acceptors (Lipinski definition) is 2. The Balaban J connectivity index is 4.51. The third-order valence-electron chi connectivity index (χ3n) is 3.93. The maximum atomic E-state index is 4.32. The van der Waals surface area contributed by atoms with Crippen molar-refractivity contribution in [3.63, 3.8) is 0 Å². The summed E-state index contributed by atoms with van der Waals surface area (Å²) in [5, 5.41) is 0. The van der Waals surface area contributed by atoms with E-state index in [1.54, 1.807) is 0 Å². The van der Waals surface area contributed by atoms with E-state index >= 15 is 0 Å². The minimum absolute atomic E-state index is 0.630. The Morgan fingerprint density at radius 2 is 1.48 bits per heavy atom. The second-order valence-electron chi connectivity index (χ2n) is 5.82. The van der Waals surface area contributed by atoms with Crippen molar-refractivity contribution in [2.45, 2.75) is 85.0 Å². The number of allylic oxidation sites excluding steroid dienone is 1. The van der Waals surface area contributed by atoms with Crippen LogP contribution in [-0.2, 0) is 0 Å². The molecule has 1 atom stereocenters. The molecule has 0 radical (unpaired) electrons. The number of unbranched alkanes of at least 4 members (excludes halogenated alkanes) is 6. The fourth-order valence-electron chi connectivity index (χ4n) is 2.67. The lowest BCUT2D eigenvalue weighted by Gasteiger charge is -2.17. The van der Waals surface area contributed by atoms with Crippen LogP contribution in [0.4, 0.5) is 0 Å². The summed E-state index contributed by atoms with van der Waals surface area (Å²) in [5.41, 5.74) is 1.31. The smallest absolute Gasteiger partial charge is 0.0313 e. The van der Waals surface area contributed by atoms with Gasteiger partial charge in [-0.3, -0.25) is 9.98 Å². The molecule has 0 aliphatic carbocycles. The predicted molar refractivity (Wildman–Crippen MR) is 97.7 cm³/mol. The molecule has 0 bridgehead atoms. The van der Waals surface area contributed by atoms with E-state index in [0.29, 0.717) is 5.92 Å². The van der Waals surface area contributed by atoms with E-state index in [2.05, 4.69) is 23.8 Å². The molecule has 122 valence electrons. The van der Waals surface area contributed by atoms with Gasteiger partial charge in [0.05, 0.1) is 0 Å². The molecular weight excluding hydrogens is 256 g/mol. The van der Waals surface area contributed by atoms with Crippen molar-refractivity contribution in [3.05, 3.63) is 11.8 Å². The molecule has 2 nitrogen and oxygen atoms in total. The molecule has 0 rings (SSSR count). The quantitative estimate of drug-likeness (QED) is 0.284. The van der Waals surface area contributed by atoms with Gasteiger partial charge >= 0.3 is 0 Å². The van der Waals surface area contributed by atoms with Crippen molar-refractivity contribution in [1.29, 1.82) is 0 Å². The Labute approximate surface area is 132 Å². The van der Waals surface area contributed by atoms with Crippen molar-refractivity contribution >= 4 is 12.4 Å². The van der Waals surface area contributed by atoms with Crippen molar-refractivity contribution in [2.75, 3.05) is 7.05 Å². The van der Waals surface area contributed by atoms with E-state index < -0.39 is 0 Å². The van der Waals surface area contributed by atoms with Crippen molar-refractivity contribution in [2.24, 2.45) is 15.9 Å². The van der Waals surface area contributed by atoms with Gasteiger partial charge in [0, 0.05) is 25.7 Å². The van der Waals surface area contributed by atoms with Gasteiger partial charge in [-0.15, -0.1) is 0 Å². The zero-order valence-corrected chi connectivity index (χ0v) is 14.8. The standard InChI is InChI=1S/C19H36N2/c1-5-8-10-11-13-15-18(14-12-9-6-2)19(16-20-4)17-21-7-3/h7,16-18H,5-6,8-15H2,1-4H3/b19-17+,20-16?,21-7?. The van der Waals surface area contributed by atoms with E-state index in [4.69, 9.17) is 0 Å². The molecule has 1 unspecified atom stereocenters. The van der Waals surface area contributed by atoms with Gasteiger partial charge in [-0.05, 0) is 31.3 Å². The summed E-state index contributed by atoms with van der Waals surface area (Å²) in [6.07, 6.45) is 19.2. The van der Waals surface area contributed by atoms with Crippen molar-refractivity contribution < 1.29 is 0 Å². The Kier molecular flexibility index (Phi) is 14.8. The molecule has 0 aromatic carbocycles. The van der Waals surface area contributed by atoms with Crippen molar-refractivity contribution in [3.8, 4) is 0 Å². The van der Waals surface area contributed by atoms with Crippen LogP contribution in [0.1, 0.15) is 85.0 Å². The predicted octanol–water partition coefficient (Wildman–Crippen LogP) is 6.22. The van der Waals surface area contributed by atoms with Gasteiger partial charge in [-0.25, -0.2) is 0 Å². The third-order valence-corrected chi connectivity index (χ3v) is 3.93. The molecule has 0 saturated carbocycles. The summed E-state index contributed by atoms with van der Waals surface area (Å²) in [7, 11) is 1.86. The highest BCUT2D eigenvalue weighted by Crippen LogP contribution is 2.24. The fourth-order valence-corrected chi connectivity index (χ4v) is 2.67. The zero-order chi connectivity index (χ0) is 15.8. The van der Waals surface area contributed by atoms with Crippen LogP contribution >= 0.6 is 0 Å². The molecule has 21 heavy (non-hydrogen) atoms. The summed E-state index contributed by atoms with van der Waals surface area (Å²) in [5.74, 6) is 0.630. The molecule has 0 aromatic heterocycles. The molecule has 2 heteroatoms. The van der Waals surface area contributed by atoms with Crippen LogP contribution in [0.25, 0.3) is 0 Å². The van der Waals surface area contributed by atoms with Gasteiger partial charge in [0.25, 0.3) is 0 Å². The van der Waals surface area contributed by atoms with Crippen LogP contribution in [-0.4, -0.2) is 19.5 Å². The van der Waals surface area contributed by atoms with E-state index in [1.807, 2.05) is 32.6 Å². The Morgan fingerprint density at radius 3 is 2.05 bits per heavy atom. The van der Waals surface area contributed by atoms with Crippen LogP contribution in [0.2, 0.25) is 0 Å². The van der Waals surface area contributed by atoms with Gasteiger partial charge in [0.1, 0.15) is 0 Å². The Hall–Kier alpha value is -0.920. The molecule has 0 heterocycles. The van der Waals surface area contributed by atoms with Crippen molar-refractivity contribution in [1.82, 2.24) is 0 Å². The second-order valence-corrected chi connectivity index (χ2v) is 5.82. The first-order chi connectivity index (χ1) is 10.3. The minimum Gasteiger partial charge on any atom is -0.296 e. The van der Waals surface area contributed by atoms with E-state index in [9.17, 15) is 0 Å². The monoisotopic (exact) mass is 292 g/mol. The van der Waals surface area contributed by atoms with Crippen LogP contribution in [0, 0.1) is 5.92 Å². The number of aliphatic imine (C=N–C) groups is 2. The molecular formula is C19H36N2. The molecule has 0 N–H and O–H groups in total. The lowest BCUT2D eigenvalue weighted by atomic mass is 9.89. The summed E-state index contributed by atoms with van der Waals surface area (Å²) < 4.78 is 0. The third kappa shape index (κ3) is 11.4. The number of rotatable bonds is 13. The highest BCUT2D eigenvalue weighted by molar-refractivity contribution is 5.79. The van der Waals surface area contributed by atoms with Gasteiger partial charge in [0.2, 0.25) is 0 Å². The molecule has 0 aromatic rings. The second kappa shape index (κ2) is 15.5. The summed E-state index contributed by atoms with van der Waals surface area (Å²) in [4.78, 5) is 8.55. The SMILES string of the molecule is CC=N/C=C(\C=NC)C(CCCCC)CCCCCCC. The number of hydrogen-bond donors (Lipinski definition) is 0. The van der Waals surface area contributed by atoms with Crippen LogP contribution < -0.4 is 0 Å². The molecule has 0 fully saturated rings. The topological polar surface area (TPSA) is 24.7 Å². The van der Waals surface area contributed by atoms with E-state index in [0.717, 1.165) is 0 Å². The number of nitrogens with zero attached hydrogens (tertiary/aromatic N) is 2. The normalized spacial score (nSPS) is 14.4. The lowest BCUT2D eigenvalue weighted by Crippen LogP contribution is -2.06. The Bertz CT molecular complexity index is 303.